The molecule has 0 aliphatic carbocycles. The number of carbonyl (C=O) groups excluding carboxylic acids is 1. The van der Waals surface area contributed by atoms with Crippen LogP contribution in [-0.4, -0.2) is 23.6 Å². The molecule has 1 aromatic heterocycles. The molecule has 40 heavy (non-hydrogen) atoms. The van der Waals surface area contributed by atoms with E-state index in [1.165, 1.54) is 60.8 Å². The van der Waals surface area contributed by atoms with Crippen LogP contribution < -0.4 is 0 Å². The molecule has 0 aliphatic rings. The van der Waals surface area contributed by atoms with Gasteiger partial charge in [0.05, 0.1) is 22.6 Å². The second-order valence-electron chi connectivity index (χ2n) is 8.44. The molecule has 13 heteroatoms. The topological polar surface area (TPSA) is 67.3 Å². The molecule has 208 valence electrons. The number of nitrogens with zero attached hydrogens (tertiary/aromatic N) is 2. The van der Waals surface area contributed by atoms with Crippen molar-refractivity contribution >= 4 is 15.9 Å². The summed E-state index contributed by atoms with van der Waals surface area (Å²) in [5.41, 5.74) is -3.89. The average molecular weight is 582 g/mol. The quantitative estimate of drug-likeness (QED) is 0.231. The molecule has 0 saturated carbocycles. The molecule has 0 aliphatic heterocycles. The van der Waals surface area contributed by atoms with Crippen LogP contribution in [0.3, 0.4) is 0 Å². The van der Waals surface area contributed by atoms with Gasteiger partial charge in [0, 0.05) is 23.5 Å². The van der Waals surface area contributed by atoms with Crippen molar-refractivity contribution in [3.63, 3.8) is 0 Å². The highest BCUT2D eigenvalue weighted by Gasteiger charge is 2.40. The maximum Gasteiger partial charge on any atom is 0.416 e. The van der Waals surface area contributed by atoms with Gasteiger partial charge in [0.15, 0.2) is 0 Å². The average Bonchev–Trinajstić information content (AvgIpc) is 2.91. The minimum atomic E-state index is -5.36. The first-order chi connectivity index (χ1) is 18.7. The van der Waals surface area contributed by atoms with Gasteiger partial charge in [0.25, 0.3) is 15.9 Å². The van der Waals surface area contributed by atoms with E-state index in [-0.39, 0.29) is 44.8 Å². The van der Waals surface area contributed by atoms with Gasteiger partial charge in [-0.25, -0.2) is 17.1 Å². The molecule has 0 atom stereocenters. The number of amides is 1. The van der Waals surface area contributed by atoms with E-state index in [1.807, 2.05) is 0 Å². The van der Waals surface area contributed by atoms with Gasteiger partial charge in [-0.3, -0.25) is 9.78 Å². The molecular weight excluding hydrogens is 565 g/mol. The molecule has 0 fully saturated rings. The summed E-state index contributed by atoms with van der Waals surface area (Å²) in [6, 6.07) is 13.3. The van der Waals surface area contributed by atoms with E-state index >= 15 is 0 Å². The summed E-state index contributed by atoms with van der Waals surface area (Å²) >= 11 is 0. The van der Waals surface area contributed by atoms with E-state index in [0.717, 1.165) is 12.3 Å². The van der Waals surface area contributed by atoms with Gasteiger partial charge < -0.3 is 0 Å². The molecule has 1 amide bonds. The SMILES string of the molecule is O=C(c1ccccc1)N(Cc1cnccc1-c1ccccc1F)S(=O)(=O)c1cc(C(F)(F)F)cc(C(F)(F)F)c1. The minimum Gasteiger partial charge on any atom is -0.268 e. The zero-order chi connectivity index (χ0) is 29.3. The van der Waals surface area contributed by atoms with E-state index in [1.54, 1.807) is 0 Å². The largest absolute Gasteiger partial charge is 0.416 e. The monoisotopic (exact) mass is 582 g/mol. The number of aromatic nitrogens is 1. The Morgan fingerprint density at radius 3 is 1.93 bits per heavy atom. The number of pyridine rings is 1. The Hall–Kier alpha value is -4.26. The van der Waals surface area contributed by atoms with Gasteiger partial charge in [-0.2, -0.15) is 26.3 Å². The number of halogens is 7. The van der Waals surface area contributed by atoms with Crippen molar-refractivity contribution in [2.75, 3.05) is 0 Å². The maximum absolute atomic E-state index is 14.6. The molecule has 0 saturated heterocycles. The molecule has 4 rings (SSSR count). The number of rotatable bonds is 6. The van der Waals surface area contributed by atoms with Crippen LogP contribution in [-0.2, 0) is 28.9 Å². The zero-order valence-electron chi connectivity index (χ0n) is 20.0. The third-order valence-corrected chi connectivity index (χ3v) is 7.48. The van der Waals surface area contributed by atoms with E-state index in [4.69, 9.17) is 0 Å². The lowest BCUT2D eigenvalue weighted by atomic mass is 10.0. The van der Waals surface area contributed by atoms with Gasteiger partial charge in [-0.05, 0) is 53.6 Å². The molecule has 0 unspecified atom stereocenters. The number of sulfonamides is 1. The lowest BCUT2D eigenvalue weighted by molar-refractivity contribution is -0.143. The number of alkyl halides is 6. The van der Waals surface area contributed by atoms with Crippen LogP contribution in [0.25, 0.3) is 11.1 Å². The Morgan fingerprint density at radius 1 is 0.775 bits per heavy atom. The van der Waals surface area contributed by atoms with E-state index in [9.17, 15) is 43.9 Å². The first-order valence-corrected chi connectivity index (χ1v) is 12.7. The smallest absolute Gasteiger partial charge is 0.268 e. The predicted molar refractivity (Wildman–Crippen MR) is 130 cm³/mol. The molecule has 4 aromatic rings. The zero-order valence-corrected chi connectivity index (χ0v) is 20.9. The summed E-state index contributed by atoms with van der Waals surface area (Å²) in [4.78, 5) is 15.9. The lowest BCUT2D eigenvalue weighted by Gasteiger charge is -2.25. The van der Waals surface area contributed by atoms with Crippen LogP contribution in [0.2, 0.25) is 0 Å². The first-order valence-electron chi connectivity index (χ1n) is 11.3. The van der Waals surface area contributed by atoms with Crippen LogP contribution in [0.15, 0.2) is 96.2 Å². The Morgan fingerprint density at radius 2 is 1.35 bits per heavy atom. The van der Waals surface area contributed by atoms with Crippen LogP contribution in [0.1, 0.15) is 27.0 Å². The van der Waals surface area contributed by atoms with E-state index in [2.05, 4.69) is 4.98 Å². The Labute approximate surface area is 223 Å². The second-order valence-corrected chi connectivity index (χ2v) is 10.3. The first kappa shape index (κ1) is 28.7. The number of hydrogen-bond donors (Lipinski definition) is 0. The van der Waals surface area contributed by atoms with Crippen LogP contribution in [0.4, 0.5) is 30.7 Å². The van der Waals surface area contributed by atoms with Crippen molar-refractivity contribution in [1.29, 1.82) is 0 Å². The summed E-state index contributed by atoms with van der Waals surface area (Å²) in [6.45, 7) is -0.884. The summed E-state index contributed by atoms with van der Waals surface area (Å²) < 4.78 is 123. The molecule has 0 bridgehead atoms. The van der Waals surface area contributed by atoms with Crippen molar-refractivity contribution in [3.8, 4) is 11.1 Å². The highest BCUT2D eigenvalue weighted by molar-refractivity contribution is 7.89. The van der Waals surface area contributed by atoms with E-state index < -0.39 is 56.7 Å². The number of benzene rings is 3. The van der Waals surface area contributed by atoms with Gasteiger partial charge in [0.2, 0.25) is 0 Å². The summed E-state index contributed by atoms with van der Waals surface area (Å²) in [7, 11) is -5.36. The standard InChI is InChI=1S/C27H17F7N2O3S/c28-24-9-5-4-8-23(24)22-10-11-35-15-18(22)16-36(25(37)17-6-2-1-3-7-17)40(38,39)21-13-19(26(29,30)31)12-20(14-21)27(32,33)34/h1-15H,16H2. The normalized spacial score (nSPS) is 12.3. The Bertz CT molecular complexity index is 1620. The Kier molecular flexibility index (Phi) is 7.70. The minimum absolute atomic E-state index is 0.00262. The van der Waals surface area contributed by atoms with Gasteiger partial charge in [-0.1, -0.05) is 36.4 Å². The van der Waals surface area contributed by atoms with Crippen molar-refractivity contribution in [1.82, 2.24) is 9.29 Å². The number of hydrogen-bond acceptors (Lipinski definition) is 4. The van der Waals surface area contributed by atoms with Crippen LogP contribution >= 0.6 is 0 Å². The second kappa shape index (κ2) is 10.7. The molecule has 0 radical (unpaired) electrons. The number of carbonyl (C=O) groups is 1. The molecule has 3 aromatic carbocycles. The van der Waals surface area contributed by atoms with Crippen molar-refractivity contribution in [2.24, 2.45) is 0 Å². The molecule has 0 N–H and O–H groups in total. The van der Waals surface area contributed by atoms with Gasteiger partial charge >= 0.3 is 12.4 Å². The summed E-state index contributed by atoms with van der Waals surface area (Å²) in [5, 5.41) is 0. The highest BCUT2D eigenvalue weighted by Crippen LogP contribution is 2.38. The van der Waals surface area contributed by atoms with Crippen molar-refractivity contribution < 1.29 is 43.9 Å². The fourth-order valence-electron chi connectivity index (χ4n) is 3.84. The molecule has 1 heterocycles. The fraction of sp³-hybridized carbons (Fsp3) is 0.111. The van der Waals surface area contributed by atoms with Crippen molar-refractivity contribution in [2.45, 2.75) is 23.8 Å². The fourth-order valence-corrected chi connectivity index (χ4v) is 5.28. The van der Waals surface area contributed by atoms with Crippen LogP contribution in [0.5, 0.6) is 0 Å². The van der Waals surface area contributed by atoms with E-state index in [0.29, 0.717) is 0 Å². The summed E-state index contributed by atoms with van der Waals surface area (Å²) in [6.07, 6.45) is -8.27. The maximum atomic E-state index is 14.6. The third kappa shape index (κ3) is 5.98. The van der Waals surface area contributed by atoms with Crippen LogP contribution in [0, 0.1) is 5.82 Å². The molecular formula is C27H17F7N2O3S. The predicted octanol–water partition coefficient (Wildman–Crippen LogP) is 6.96. The molecule has 0 spiro atoms. The van der Waals surface area contributed by atoms with Crippen molar-refractivity contribution in [3.05, 3.63) is 119 Å². The molecule has 5 nitrogen and oxygen atoms in total. The summed E-state index contributed by atoms with van der Waals surface area (Å²) in [5.74, 6) is -1.94. The van der Waals surface area contributed by atoms with Gasteiger partial charge in [-0.15, -0.1) is 0 Å². The Balaban J connectivity index is 1.92. The third-order valence-electron chi connectivity index (χ3n) is 5.78. The highest BCUT2D eigenvalue weighted by atomic mass is 32.2. The van der Waals surface area contributed by atoms with Gasteiger partial charge in [0.1, 0.15) is 5.82 Å². The lowest BCUT2D eigenvalue weighted by Crippen LogP contribution is -2.37.